The van der Waals surface area contributed by atoms with Crippen molar-refractivity contribution in [1.29, 1.82) is 0 Å². The summed E-state index contributed by atoms with van der Waals surface area (Å²) in [6, 6.07) is 1.98. The van der Waals surface area contributed by atoms with E-state index in [2.05, 4.69) is 11.2 Å². The van der Waals surface area contributed by atoms with Crippen molar-refractivity contribution in [2.45, 2.75) is 25.9 Å². The second-order valence-electron chi connectivity index (χ2n) is 3.56. The van der Waals surface area contributed by atoms with Crippen LogP contribution in [0.5, 0.6) is 0 Å². The van der Waals surface area contributed by atoms with Gasteiger partial charge in [-0.2, -0.15) is 0 Å². The van der Waals surface area contributed by atoms with Crippen molar-refractivity contribution in [1.82, 2.24) is 5.32 Å². The standard InChI is InChI=1S/C12H12F3N/c1-3-4-8(2)16-7-9-5-10(13)12(15)11(14)6-9/h1,5-6,8,16H,4,7H2,2H3. The summed E-state index contributed by atoms with van der Waals surface area (Å²) < 4.78 is 38.3. The molecule has 0 bridgehead atoms. The molecule has 1 unspecified atom stereocenters. The summed E-state index contributed by atoms with van der Waals surface area (Å²) in [6.07, 6.45) is 5.63. The summed E-state index contributed by atoms with van der Waals surface area (Å²) in [5.74, 6) is -1.34. The maximum atomic E-state index is 12.8. The molecule has 1 atom stereocenters. The molecule has 0 aliphatic heterocycles. The first-order valence-corrected chi connectivity index (χ1v) is 4.85. The first kappa shape index (κ1) is 12.6. The van der Waals surface area contributed by atoms with Gasteiger partial charge in [0.15, 0.2) is 17.5 Å². The van der Waals surface area contributed by atoms with E-state index in [1.54, 1.807) is 0 Å². The number of halogens is 3. The molecule has 0 heterocycles. The highest BCUT2D eigenvalue weighted by molar-refractivity contribution is 5.19. The molecule has 0 aromatic heterocycles. The predicted molar refractivity (Wildman–Crippen MR) is 56.1 cm³/mol. The van der Waals surface area contributed by atoms with Gasteiger partial charge in [0.1, 0.15) is 0 Å². The van der Waals surface area contributed by atoms with Crippen LogP contribution in [0.3, 0.4) is 0 Å². The fourth-order valence-electron chi connectivity index (χ4n) is 1.25. The molecule has 0 saturated carbocycles. The average Bonchev–Trinajstić information content (AvgIpc) is 2.23. The molecular formula is C12H12F3N. The number of terminal acetylenes is 1. The van der Waals surface area contributed by atoms with Crippen molar-refractivity contribution in [3.63, 3.8) is 0 Å². The zero-order chi connectivity index (χ0) is 12.1. The SMILES string of the molecule is C#CCC(C)NCc1cc(F)c(F)c(F)c1. The smallest absolute Gasteiger partial charge is 0.194 e. The maximum Gasteiger partial charge on any atom is 0.194 e. The van der Waals surface area contributed by atoms with Crippen molar-refractivity contribution in [3.05, 3.63) is 35.1 Å². The van der Waals surface area contributed by atoms with Gasteiger partial charge in [0.05, 0.1) is 0 Å². The number of hydrogen-bond donors (Lipinski definition) is 1. The highest BCUT2D eigenvalue weighted by Crippen LogP contribution is 2.13. The fourth-order valence-corrected chi connectivity index (χ4v) is 1.25. The van der Waals surface area contributed by atoms with Gasteiger partial charge in [-0.05, 0) is 24.6 Å². The van der Waals surface area contributed by atoms with Gasteiger partial charge in [0.25, 0.3) is 0 Å². The third kappa shape index (κ3) is 3.28. The molecule has 16 heavy (non-hydrogen) atoms. The summed E-state index contributed by atoms with van der Waals surface area (Å²) in [5.41, 5.74) is 0.347. The van der Waals surface area contributed by atoms with Crippen LogP contribution in [0.1, 0.15) is 18.9 Å². The van der Waals surface area contributed by atoms with Crippen LogP contribution >= 0.6 is 0 Å². The molecular weight excluding hydrogens is 215 g/mol. The largest absolute Gasteiger partial charge is 0.309 e. The lowest BCUT2D eigenvalue weighted by Crippen LogP contribution is -2.25. The van der Waals surface area contributed by atoms with E-state index in [0.717, 1.165) is 12.1 Å². The minimum Gasteiger partial charge on any atom is -0.309 e. The number of rotatable bonds is 4. The number of benzene rings is 1. The van der Waals surface area contributed by atoms with E-state index in [9.17, 15) is 13.2 Å². The van der Waals surface area contributed by atoms with Crippen LogP contribution in [0, 0.1) is 29.8 Å². The monoisotopic (exact) mass is 227 g/mol. The first-order valence-electron chi connectivity index (χ1n) is 4.85. The highest BCUT2D eigenvalue weighted by atomic mass is 19.2. The summed E-state index contributed by atoms with van der Waals surface area (Å²) >= 11 is 0. The van der Waals surface area contributed by atoms with E-state index < -0.39 is 17.5 Å². The van der Waals surface area contributed by atoms with Crippen LogP contribution in [0.25, 0.3) is 0 Å². The predicted octanol–water partition coefficient (Wildman–Crippen LogP) is 2.61. The third-order valence-corrected chi connectivity index (χ3v) is 2.12. The van der Waals surface area contributed by atoms with Gasteiger partial charge in [-0.1, -0.05) is 0 Å². The Hall–Kier alpha value is -1.47. The van der Waals surface area contributed by atoms with Crippen LogP contribution < -0.4 is 5.32 Å². The van der Waals surface area contributed by atoms with Crippen molar-refractivity contribution < 1.29 is 13.2 Å². The Morgan fingerprint density at radius 3 is 2.38 bits per heavy atom. The van der Waals surface area contributed by atoms with Crippen molar-refractivity contribution in [2.24, 2.45) is 0 Å². The van der Waals surface area contributed by atoms with Crippen LogP contribution in [-0.4, -0.2) is 6.04 Å². The second-order valence-corrected chi connectivity index (χ2v) is 3.56. The van der Waals surface area contributed by atoms with Gasteiger partial charge < -0.3 is 5.32 Å². The Balaban J connectivity index is 2.65. The normalized spacial score (nSPS) is 12.2. The molecule has 0 fully saturated rings. The van der Waals surface area contributed by atoms with Gasteiger partial charge in [-0.25, -0.2) is 13.2 Å². The van der Waals surface area contributed by atoms with Crippen LogP contribution in [0.2, 0.25) is 0 Å². The van der Waals surface area contributed by atoms with Gasteiger partial charge in [-0.3, -0.25) is 0 Å². The van der Waals surface area contributed by atoms with Gasteiger partial charge in [0.2, 0.25) is 0 Å². The van der Waals surface area contributed by atoms with Gasteiger partial charge in [-0.15, -0.1) is 12.3 Å². The minimum atomic E-state index is -1.44. The molecule has 0 spiro atoms. The van der Waals surface area contributed by atoms with Crippen molar-refractivity contribution in [3.8, 4) is 12.3 Å². The van der Waals surface area contributed by atoms with E-state index in [1.807, 2.05) is 6.92 Å². The van der Waals surface area contributed by atoms with E-state index in [1.165, 1.54) is 0 Å². The molecule has 1 nitrogen and oxygen atoms in total. The van der Waals surface area contributed by atoms with Crippen molar-refractivity contribution in [2.75, 3.05) is 0 Å². The molecule has 1 N–H and O–H groups in total. The van der Waals surface area contributed by atoms with E-state index in [4.69, 9.17) is 6.42 Å². The van der Waals surface area contributed by atoms with E-state index in [-0.39, 0.29) is 12.6 Å². The Labute approximate surface area is 92.7 Å². The molecule has 86 valence electrons. The Bertz CT molecular complexity index is 386. The van der Waals surface area contributed by atoms with Crippen LogP contribution in [0.15, 0.2) is 12.1 Å². The average molecular weight is 227 g/mol. The van der Waals surface area contributed by atoms with Gasteiger partial charge in [0, 0.05) is 19.0 Å². The summed E-state index contributed by atoms with van der Waals surface area (Å²) in [6.45, 7) is 2.10. The highest BCUT2D eigenvalue weighted by Gasteiger charge is 2.10. The topological polar surface area (TPSA) is 12.0 Å². The van der Waals surface area contributed by atoms with E-state index >= 15 is 0 Å². The lowest BCUT2D eigenvalue weighted by molar-refractivity contribution is 0.443. The Morgan fingerprint density at radius 1 is 1.31 bits per heavy atom. The van der Waals surface area contributed by atoms with Crippen LogP contribution in [-0.2, 0) is 6.54 Å². The first-order chi connectivity index (χ1) is 7.54. The number of hydrogen-bond acceptors (Lipinski definition) is 1. The van der Waals surface area contributed by atoms with Crippen molar-refractivity contribution >= 4 is 0 Å². The number of nitrogens with one attached hydrogen (secondary N) is 1. The summed E-state index contributed by atoms with van der Waals surface area (Å²) in [7, 11) is 0. The summed E-state index contributed by atoms with van der Waals surface area (Å²) in [5, 5.41) is 2.98. The lowest BCUT2D eigenvalue weighted by atomic mass is 10.2. The third-order valence-electron chi connectivity index (χ3n) is 2.12. The molecule has 0 aliphatic carbocycles. The Kier molecular flexibility index (Phi) is 4.39. The molecule has 0 aliphatic rings. The molecule has 0 radical (unpaired) electrons. The molecule has 0 saturated heterocycles. The minimum absolute atomic E-state index is 0.0428. The summed E-state index contributed by atoms with van der Waals surface area (Å²) in [4.78, 5) is 0. The lowest BCUT2D eigenvalue weighted by Gasteiger charge is -2.11. The quantitative estimate of drug-likeness (QED) is 0.616. The zero-order valence-electron chi connectivity index (χ0n) is 8.86. The Morgan fingerprint density at radius 2 is 1.88 bits per heavy atom. The molecule has 1 aromatic carbocycles. The van der Waals surface area contributed by atoms with Crippen LogP contribution in [0.4, 0.5) is 13.2 Å². The second kappa shape index (κ2) is 5.57. The zero-order valence-corrected chi connectivity index (χ0v) is 8.86. The van der Waals surface area contributed by atoms with E-state index in [0.29, 0.717) is 12.0 Å². The molecule has 1 rings (SSSR count). The fraction of sp³-hybridized carbons (Fsp3) is 0.333. The molecule has 4 heteroatoms. The maximum absolute atomic E-state index is 12.8. The molecule has 1 aromatic rings. The van der Waals surface area contributed by atoms with Gasteiger partial charge >= 0.3 is 0 Å². The molecule has 0 amide bonds.